The van der Waals surface area contributed by atoms with Gasteiger partial charge in [0.05, 0.1) is 12.7 Å². The molecule has 2 saturated carbocycles. The Hall–Kier alpha value is -2.49. The van der Waals surface area contributed by atoms with Gasteiger partial charge in [-0.05, 0) is 84.7 Å². The molecule has 2 fully saturated rings. The third kappa shape index (κ3) is 2.76. The van der Waals surface area contributed by atoms with Crippen molar-refractivity contribution in [2.24, 2.45) is 11.8 Å². The second kappa shape index (κ2) is 7.04. The summed E-state index contributed by atoms with van der Waals surface area (Å²) in [5.41, 5.74) is 6.07. The molecule has 2 aromatic rings. The van der Waals surface area contributed by atoms with Gasteiger partial charge in [-0.15, -0.1) is 0 Å². The zero-order valence-corrected chi connectivity index (χ0v) is 17.7. The maximum Gasteiger partial charge on any atom is 0.259 e. The highest BCUT2D eigenvalue weighted by atomic mass is 16.5. The zero-order chi connectivity index (χ0) is 20.2. The highest BCUT2D eigenvalue weighted by Gasteiger charge is 2.44. The number of benzene rings is 2. The van der Waals surface area contributed by atoms with Gasteiger partial charge in [0.2, 0.25) is 0 Å². The van der Waals surface area contributed by atoms with Gasteiger partial charge in [-0.25, -0.2) is 0 Å². The molecule has 0 bridgehead atoms. The molecule has 4 aliphatic rings. The third-order valence-corrected chi connectivity index (χ3v) is 8.12. The van der Waals surface area contributed by atoms with Gasteiger partial charge in [0, 0.05) is 24.5 Å². The molecule has 2 aromatic carbocycles. The molecule has 2 aliphatic heterocycles. The van der Waals surface area contributed by atoms with Crippen molar-refractivity contribution in [1.29, 1.82) is 0 Å². The number of nitrogens with zero attached hydrogens (tertiary/aromatic N) is 1. The Labute approximate surface area is 178 Å². The van der Waals surface area contributed by atoms with Crippen LogP contribution in [0.2, 0.25) is 0 Å². The first-order chi connectivity index (χ1) is 14.7. The van der Waals surface area contributed by atoms with Gasteiger partial charge in [0.25, 0.3) is 5.91 Å². The number of methoxy groups -OCH3 is 1. The van der Waals surface area contributed by atoms with Crippen molar-refractivity contribution in [1.82, 2.24) is 0 Å². The second-order valence-electron chi connectivity index (χ2n) is 9.66. The molecule has 0 saturated heterocycles. The SMILES string of the molecule is COc1ccccc1C(=O)Nc1cc2c3c(c1)[C@@H]1CCC[C@@H]1CN3C[C@H]1CCC[C@@H]21. The van der Waals surface area contributed by atoms with Crippen LogP contribution < -0.4 is 15.0 Å². The Morgan fingerprint density at radius 2 is 1.60 bits per heavy atom. The van der Waals surface area contributed by atoms with Crippen molar-refractivity contribution >= 4 is 17.3 Å². The molecule has 4 atom stereocenters. The smallest absolute Gasteiger partial charge is 0.259 e. The van der Waals surface area contributed by atoms with Gasteiger partial charge in [-0.3, -0.25) is 4.79 Å². The van der Waals surface area contributed by atoms with E-state index in [2.05, 4.69) is 22.3 Å². The largest absolute Gasteiger partial charge is 0.496 e. The minimum atomic E-state index is -0.0889. The lowest BCUT2D eigenvalue weighted by molar-refractivity contribution is 0.102. The Kier molecular flexibility index (Phi) is 4.29. The lowest BCUT2D eigenvalue weighted by atomic mass is 9.75. The fourth-order valence-corrected chi connectivity index (χ4v) is 6.87. The third-order valence-electron chi connectivity index (χ3n) is 8.12. The van der Waals surface area contributed by atoms with E-state index in [0.29, 0.717) is 23.1 Å². The molecular formula is C26H30N2O2. The topological polar surface area (TPSA) is 41.6 Å². The van der Waals surface area contributed by atoms with E-state index in [4.69, 9.17) is 4.74 Å². The summed E-state index contributed by atoms with van der Waals surface area (Å²) in [7, 11) is 1.62. The number of nitrogens with one attached hydrogen (secondary N) is 1. The molecule has 2 aliphatic carbocycles. The molecule has 6 rings (SSSR count). The Bertz CT molecular complexity index is 955. The molecular weight excluding hydrogens is 372 g/mol. The van der Waals surface area contributed by atoms with Crippen LogP contribution in [0.25, 0.3) is 0 Å². The van der Waals surface area contributed by atoms with Crippen LogP contribution in [-0.4, -0.2) is 26.1 Å². The number of hydrogen-bond donors (Lipinski definition) is 1. The van der Waals surface area contributed by atoms with E-state index in [9.17, 15) is 4.79 Å². The van der Waals surface area contributed by atoms with Gasteiger partial charge in [-0.1, -0.05) is 25.0 Å². The van der Waals surface area contributed by atoms with E-state index in [1.807, 2.05) is 24.3 Å². The summed E-state index contributed by atoms with van der Waals surface area (Å²) in [6.07, 6.45) is 7.96. The van der Waals surface area contributed by atoms with Crippen molar-refractivity contribution in [2.45, 2.75) is 50.4 Å². The second-order valence-corrected chi connectivity index (χ2v) is 9.66. The van der Waals surface area contributed by atoms with E-state index in [1.165, 1.54) is 68.4 Å². The van der Waals surface area contributed by atoms with E-state index in [-0.39, 0.29) is 5.91 Å². The minimum absolute atomic E-state index is 0.0889. The fraction of sp³-hybridized carbons (Fsp3) is 0.500. The number of para-hydroxylation sites is 1. The Morgan fingerprint density at radius 3 is 2.23 bits per heavy atom. The first-order valence-electron chi connectivity index (χ1n) is 11.6. The zero-order valence-electron chi connectivity index (χ0n) is 17.7. The average molecular weight is 403 g/mol. The summed E-state index contributed by atoms with van der Waals surface area (Å²) < 4.78 is 5.41. The maximum atomic E-state index is 13.1. The van der Waals surface area contributed by atoms with Gasteiger partial charge in [0.1, 0.15) is 5.75 Å². The molecule has 4 heteroatoms. The Balaban J connectivity index is 1.42. The first-order valence-corrected chi connectivity index (χ1v) is 11.6. The first kappa shape index (κ1) is 18.3. The maximum absolute atomic E-state index is 13.1. The van der Waals surface area contributed by atoms with Gasteiger partial charge in [0.15, 0.2) is 0 Å². The van der Waals surface area contributed by atoms with Gasteiger partial charge < -0.3 is 15.0 Å². The Morgan fingerprint density at radius 1 is 0.967 bits per heavy atom. The van der Waals surface area contributed by atoms with E-state index >= 15 is 0 Å². The highest BCUT2D eigenvalue weighted by Crippen LogP contribution is 2.56. The van der Waals surface area contributed by atoms with Crippen LogP contribution in [0.3, 0.4) is 0 Å². The van der Waals surface area contributed by atoms with Gasteiger partial charge in [-0.2, -0.15) is 0 Å². The predicted molar refractivity (Wildman–Crippen MR) is 120 cm³/mol. The summed E-state index contributed by atoms with van der Waals surface area (Å²) in [4.78, 5) is 15.8. The van der Waals surface area contributed by atoms with Crippen LogP contribution in [0.1, 0.15) is 71.8 Å². The highest BCUT2D eigenvalue weighted by molar-refractivity contribution is 6.06. The molecule has 156 valence electrons. The molecule has 0 unspecified atom stereocenters. The van der Waals surface area contributed by atoms with Crippen LogP contribution >= 0.6 is 0 Å². The van der Waals surface area contributed by atoms with Crippen molar-refractivity contribution in [3.8, 4) is 5.75 Å². The fourth-order valence-electron chi connectivity index (χ4n) is 6.87. The number of carbonyl (C=O) groups is 1. The quantitative estimate of drug-likeness (QED) is 0.732. The average Bonchev–Trinajstić information content (AvgIpc) is 3.43. The van der Waals surface area contributed by atoms with Crippen molar-refractivity contribution < 1.29 is 9.53 Å². The van der Waals surface area contributed by atoms with Gasteiger partial charge >= 0.3 is 0 Å². The summed E-state index contributed by atoms with van der Waals surface area (Å²) in [6.45, 7) is 2.47. The monoisotopic (exact) mass is 402 g/mol. The molecule has 4 nitrogen and oxygen atoms in total. The molecule has 0 radical (unpaired) electrons. The summed E-state index contributed by atoms with van der Waals surface area (Å²) in [6, 6.07) is 12.0. The van der Waals surface area contributed by atoms with Crippen molar-refractivity contribution in [3.05, 3.63) is 53.1 Å². The molecule has 0 spiro atoms. The van der Waals surface area contributed by atoms with Crippen LogP contribution in [-0.2, 0) is 0 Å². The predicted octanol–water partition coefficient (Wildman–Crippen LogP) is 5.55. The van der Waals surface area contributed by atoms with Crippen molar-refractivity contribution in [3.63, 3.8) is 0 Å². The molecule has 0 aromatic heterocycles. The molecule has 1 N–H and O–H groups in total. The van der Waals surface area contributed by atoms with E-state index < -0.39 is 0 Å². The van der Waals surface area contributed by atoms with Crippen LogP contribution in [0.15, 0.2) is 36.4 Å². The van der Waals surface area contributed by atoms with Crippen LogP contribution in [0, 0.1) is 11.8 Å². The minimum Gasteiger partial charge on any atom is -0.496 e. The lowest BCUT2D eigenvalue weighted by Crippen LogP contribution is -2.43. The molecule has 2 heterocycles. The van der Waals surface area contributed by atoms with Crippen LogP contribution in [0.5, 0.6) is 5.75 Å². The normalized spacial score (nSPS) is 28.5. The number of rotatable bonds is 3. The number of fused-ring (bicyclic) bond motifs is 4. The van der Waals surface area contributed by atoms with E-state index in [1.54, 1.807) is 7.11 Å². The van der Waals surface area contributed by atoms with E-state index in [0.717, 1.165) is 17.5 Å². The lowest BCUT2D eigenvalue weighted by Gasteiger charge is -2.46. The van der Waals surface area contributed by atoms with Crippen molar-refractivity contribution in [2.75, 3.05) is 30.4 Å². The molecule has 30 heavy (non-hydrogen) atoms. The summed E-state index contributed by atoms with van der Waals surface area (Å²) >= 11 is 0. The molecule has 1 amide bonds. The number of carbonyl (C=O) groups excluding carboxylic acids is 1. The summed E-state index contributed by atoms with van der Waals surface area (Å²) in [5.74, 6) is 3.42. The number of hydrogen-bond acceptors (Lipinski definition) is 3. The number of anilines is 2. The number of ether oxygens (including phenoxy) is 1. The number of amides is 1. The standard InChI is InChI=1S/C26H30N2O2/c1-30-24-11-3-2-8-21(24)26(29)27-18-12-22-19-9-4-6-16(19)14-28-15-17-7-5-10-20(17)23(13-18)25(22)28/h2-3,8,11-13,16-17,19-20H,4-7,9-10,14-15H2,1H3,(H,27,29)/t16-,17-,19-,20-/m1/s1. The summed E-state index contributed by atoms with van der Waals surface area (Å²) in [5, 5.41) is 3.22. The van der Waals surface area contributed by atoms with Crippen LogP contribution in [0.4, 0.5) is 11.4 Å².